The Labute approximate surface area is 250 Å². The van der Waals surface area contributed by atoms with Crippen LogP contribution in [0.15, 0.2) is 71.6 Å². The quantitative estimate of drug-likeness (QED) is 0.147. The topological polar surface area (TPSA) is 104 Å². The summed E-state index contributed by atoms with van der Waals surface area (Å²) in [7, 11) is -4.20. The van der Waals surface area contributed by atoms with Gasteiger partial charge in [-0.1, -0.05) is 29.5 Å². The molecule has 0 aliphatic heterocycles. The molecule has 1 heterocycles. The third kappa shape index (κ3) is 7.60. The Morgan fingerprint density at radius 3 is 2.27 bits per heavy atom. The lowest BCUT2D eigenvalue weighted by Gasteiger charge is -2.16. The van der Waals surface area contributed by atoms with Gasteiger partial charge < -0.3 is 10.5 Å². The summed E-state index contributed by atoms with van der Waals surface area (Å²) in [6.07, 6.45) is -11.0. The van der Waals surface area contributed by atoms with Crippen LogP contribution in [0.1, 0.15) is 24.8 Å². The molecule has 3 aromatic carbocycles. The van der Waals surface area contributed by atoms with Crippen molar-refractivity contribution in [1.29, 1.82) is 0 Å². The molecule has 0 amide bonds. The van der Waals surface area contributed by atoms with Crippen LogP contribution in [0.5, 0.6) is 5.75 Å². The predicted octanol–water partition coefficient (Wildman–Crippen LogP) is 7.85. The van der Waals surface area contributed by atoms with Crippen LogP contribution >= 0.6 is 11.3 Å². The van der Waals surface area contributed by atoms with Crippen LogP contribution in [0.4, 0.5) is 41.6 Å². The monoisotopic (exact) mass is 661 g/mol. The van der Waals surface area contributed by atoms with Crippen LogP contribution in [-0.2, 0) is 20.9 Å². The van der Waals surface area contributed by atoms with Crippen LogP contribution in [-0.4, -0.2) is 32.0 Å². The first kappa shape index (κ1) is 31.5. The number of hydrogen-bond acceptors (Lipinski definition) is 7. The van der Waals surface area contributed by atoms with E-state index in [1.807, 2.05) is 0 Å². The molecule has 1 aliphatic carbocycles. The van der Waals surface area contributed by atoms with Gasteiger partial charge in [0.15, 0.2) is 5.13 Å². The number of halogens is 7. The number of benzene rings is 3. The SMILES string of the molecule is Nc1cccc(S(=O)(=O)Nc2nc(-c3ccc(C(F)(F)F)cc3)c(-c3cc(F)cc(O[C@H]4CCC(OC(F)(F)F)C4)c3)s2)c1. The standard InChI is InChI=1S/C28H22F7N3O4S2/c29-18-10-16(11-22(12-18)41-20-8-9-21(14-20)42-28(33,34)35)25-24(15-4-6-17(7-5-15)27(30,31)32)37-26(43-25)38-44(39,40)23-3-1-2-19(36)13-23/h1-7,10-13,20-21H,8-9,14,36H2,(H,37,38)/t20-,21?/m0/s1. The van der Waals surface area contributed by atoms with E-state index < -0.39 is 46.2 Å². The predicted molar refractivity (Wildman–Crippen MR) is 149 cm³/mol. The average Bonchev–Trinajstić information content (AvgIpc) is 3.53. The summed E-state index contributed by atoms with van der Waals surface area (Å²) in [6.45, 7) is 0. The Kier molecular flexibility index (Phi) is 8.52. The highest BCUT2D eigenvalue weighted by Gasteiger charge is 2.38. The summed E-state index contributed by atoms with van der Waals surface area (Å²) in [4.78, 5) is 4.33. The van der Waals surface area contributed by atoms with Gasteiger partial charge in [-0.05, 0) is 55.3 Å². The highest BCUT2D eigenvalue weighted by atomic mass is 32.2. The highest BCUT2D eigenvalue weighted by Crippen LogP contribution is 2.42. The Hall–Kier alpha value is -3.89. The number of nitrogen functional groups attached to an aromatic ring is 1. The molecule has 16 heteroatoms. The van der Waals surface area contributed by atoms with Crippen molar-refractivity contribution in [2.24, 2.45) is 0 Å². The van der Waals surface area contributed by atoms with Crippen molar-refractivity contribution in [2.45, 2.75) is 48.9 Å². The Bertz CT molecular complexity index is 1760. The third-order valence-corrected chi connectivity index (χ3v) is 9.06. The molecule has 0 bridgehead atoms. The van der Waals surface area contributed by atoms with Crippen molar-refractivity contribution in [3.05, 3.63) is 78.1 Å². The molecule has 1 aliphatic rings. The number of anilines is 2. The molecule has 7 nitrogen and oxygen atoms in total. The number of rotatable bonds is 8. The molecule has 1 aromatic heterocycles. The van der Waals surface area contributed by atoms with E-state index in [2.05, 4.69) is 14.4 Å². The number of aromatic nitrogens is 1. The Balaban J connectivity index is 1.50. The van der Waals surface area contributed by atoms with E-state index in [4.69, 9.17) is 10.5 Å². The molecular weight excluding hydrogens is 639 g/mol. The summed E-state index contributed by atoms with van der Waals surface area (Å²) in [5, 5.41) is -0.174. The molecule has 0 spiro atoms. The molecule has 44 heavy (non-hydrogen) atoms. The van der Waals surface area contributed by atoms with Gasteiger partial charge in [-0.15, -0.1) is 13.2 Å². The van der Waals surface area contributed by atoms with Crippen molar-refractivity contribution in [2.75, 3.05) is 10.5 Å². The molecular formula is C28H22F7N3O4S2. The van der Waals surface area contributed by atoms with Gasteiger partial charge in [0.25, 0.3) is 10.0 Å². The first-order valence-corrected chi connectivity index (χ1v) is 15.1. The second-order valence-electron chi connectivity index (χ2n) is 9.86. The maximum Gasteiger partial charge on any atom is 0.522 e. The number of nitrogens with one attached hydrogen (secondary N) is 1. The van der Waals surface area contributed by atoms with Gasteiger partial charge in [0.1, 0.15) is 17.7 Å². The summed E-state index contributed by atoms with van der Waals surface area (Å²) in [5.41, 5.74) is 5.33. The number of alkyl halides is 6. The summed E-state index contributed by atoms with van der Waals surface area (Å²) in [6, 6.07) is 12.9. The fourth-order valence-corrected chi connectivity index (χ4v) is 6.95. The number of ether oxygens (including phenoxy) is 2. The molecule has 1 saturated carbocycles. The molecule has 234 valence electrons. The Morgan fingerprint density at radius 1 is 0.909 bits per heavy atom. The summed E-state index contributed by atoms with van der Waals surface area (Å²) >= 11 is 0.788. The van der Waals surface area contributed by atoms with Gasteiger partial charge in [0.2, 0.25) is 0 Å². The Morgan fingerprint density at radius 2 is 1.61 bits per heavy atom. The zero-order chi connectivity index (χ0) is 31.9. The van der Waals surface area contributed by atoms with Crippen molar-refractivity contribution in [1.82, 2.24) is 4.98 Å². The van der Waals surface area contributed by atoms with Crippen LogP contribution in [0.2, 0.25) is 0 Å². The minimum atomic E-state index is -4.81. The maximum atomic E-state index is 14.8. The van der Waals surface area contributed by atoms with Crippen LogP contribution < -0.4 is 15.2 Å². The first-order chi connectivity index (χ1) is 20.6. The zero-order valence-corrected chi connectivity index (χ0v) is 23.9. The smallest absolute Gasteiger partial charge is 0.490 e. The second kappa shape index (κ2) is 11.9. The van der Waals surface area contributed by atoms with Gasteiger partial charge in [0.05, 0.1) is 27.1 Å². The van der Waals surface area contributed by atoms with Gasteiger partial charge in [0, 0.05) is 29.3 Å². The average molecular weight is 662 g/mol. The second-order valence-corrected chi connectivity index (χ2v) is 12.5. The van der Waals surface area contributed by atoms with Crippen LogP contribution in [0, 0.1) is 5.82 Å². The fraction of sp³-hybridized carbons (Fsp3) is 0.250. The van der Waals surface area contributed by atoms with Gasteiger partial charge in [-0.25, -0.2) is 17.8 Å². The number of nitrogens with zero attached hydrogens (tertiary/aromatic N) is 1. The number of sulfonamides is 1. The third-order valence-electron chi connectivity index (χ3n) is 6.58. The van der Waals surface area contributed by atoms with Crippen molar-refractivity contribution < 1.29 is 48.6 Å². The summed E-state index contributed by atoms with van der Waals surface area (Å²) in [5.74, 6) is -0.807. The van der Waals surface area contributed by atoms with E-state index in [9.17, 15) is 39.2 Å². The molecule has 1 unspecified atom stereocenters. The van der Waals surface area contributed by atoms with Gasteiger partial charge >= 0.3 is 12.5 Å². The molecule has 3 N–H and O–H groups in total. The lowest BCUT2D eigenvalue weighted by Crippen LogP contribution is -2.23. The lowest BCUT2D eigenvalue weighted by atomic mass is 10.0. The van der Waals surface area contributed by atoms with Crippen molar-refractivity contribution in [3.8, 4) is 27.4 Å². The number of thiazole rings is 1. The van der Waals surface area contributed by atoms with Crippen molar-refractivity contribution >= 4 is 32.2 Å². The number of nitrogens with two attached hydrogens (primary N) is 1. The lowest BCUT2D eigenvalue weighted by molar-refractivity contribution is -0.341. The van der Waals surface area contributed by atoms with E-state index in [0.717, 1.165) is 47.7 Å². The largest absolute Gasteiger partial charge is 0.522 e. The van der Waals surface area contributed by atoms with Crippen LogP contribution in [0.25, 0.3) is 21.7 Å². The molecule has 0 saturated heterocycles. The maximum absolute atomic E-state index is 14.8. The summed E-state index contributed by atoms with van der Waals surface area (Å²) < 4.78 is 130. The normalized spacial score (nSPS) is 17.5. The van der Waals surface area contributed by atoms with E-state index >= 15 is 0 Å². The van der Waals surface area contributed by atoms with E-state index in [-0.39, 0.29) is 62.4 Å². The molecule has 0 radical (unpaired) electrons. The first-order valence-electron chi connectivity index (χ1n) is 12.8. The minimum absolute atomic E-state index is 0.0219. The molecule has 4 aromatic rings. The zero-order valence-electron chi connectivity index (χ0n) is 22.2. The minimum Gasteiger partial charge on any atom is -0.490 e. The highest BCUT2D eigenvalue weighted by molar-refractivity contribution is 7.93. The van der Waals surface area contributed by atoms with Crippen molar-refractivity contribution in [3.63, 3.8) is 0 Å². The van der Waals surface area contributed by atoms with E-state index in [1.165, 1.54) is 30.3 Å². The van der Waals surface area contributed by atoms with Gasteiger partial charge in [-0.3, -0.25) is 9.46 Å². The van der Waals surface area contributed by atoms with Gasteiger partial charge in [-0.2, -0.15) is 13.2 Å². The molecule has 1 fully saturated rings. The molecule has 5 rings (SSSR count). The van der Waals surface area contributed by atoms with E-state index in [1.54, 1.807) is 0 Å². The molecule has 2 atom stereocenters. The van der Waals surface area contributed by atoms with E-state index in [0.29, 0.717) is 0 Å². The van der Waals surface area contributed by atoms with Crippen LogP contribution in [0.3, 0.4) is 0 Å². The fourth-order valence-electron chi connectivity index (χ4n) is 4.69. The number of hydrogen-bond donors (Lipinski definition) is 2.